The Morgan fingerprint density at radius 1 is 1.13 bits per heavy atom. The molecule has 0 bridgehead atoms. The van der Waals surface area contributed by atoms with Gasteiger partial charge in [0.1, 0.15) is 0 Å². The number of sulfone groups is 1. The van der Waals surface area contributed by atoms with Crippen molar-refractivity contribution in [2.75, 3.05) is 37.7 Å². The fraction of sp³-hybridized carbons (Fsp3) is 1.00. The van der Waals surface area contributed by atoms with Gasteiger partial charge in [0.2, 0.25) is 0 Å². The zero-order valence-corrected chi connectivity index (χ0v) is 10.7. The monoisotopic (exact) mass is 236 g/mol. The van der Waals surface area contributed by atoms with E-state index in [0.29, 0.717) is 25.3 Å². The maximum Gasteiger partial charge on any atom is 0.151 e. The predicted molar refractivity (Wildman–Crippen MR) is 64.7 cm³/mol. The second-order valence-corrected chi connectivity index (χ2v) is 6.03. The van der Waals surface area contributed by atoms with Crippen LogP contribution in [0.5, 0.6) is 0 Å². The second-order valence-electron chi connectivity index (χ2n) is 3.73. The van der Waals surface area contributed by atoms with Crippen molar-refractivity contribution in [2.45, 2.75) is 26.7 Å². The van der Waals surface area contributed by atoms with E-state index in [2.05, 4.69) is 4.90 Å². The minimum absolute atomic E-state index is 0.277. The SMILES string of the molecule is CCCS(=O)(=O)CCN(CC)CCCN. The molecule has 0 aromatic carbocycles. The first kappa shape index (κ1) is 14.9. The minimum atomic E-state index is -2.83. The Bertz CT molecular complexity index is 240. The van der Waals surface area contributed by atoms with Crippen molar-refractivity contribution >= 4 is 9.84 Å². The third-order valence-electron chi connectivity index (χ3n) is 2.36. The summed E-state index contributed by atoms with van der Waals surface area (Å²) in [7, 11) is -2.83. The van der Waals surface area contributed by atoms with Crippen molar-refractivity contribution in [1.82, 2.24) is 4.90 Å². The van der Waals surface area contributed by atoms with Crippen LogP contribution in [0.2, 0.25) is 0 Å². The summed E-state index contributed by atoms with van der Waals surface area (Å²) in [6.07, 6.45) is 1.64. The summed E-state index contributed by atoms with van der Waals surface area (Å²) in [6.45, 7) is 7.03. The summed E-state index contributed by atoms with van der Waals surface area (Å²) in [4.78, 5) is 2.14. The van der Waals surface area contributed by atoms with Crippen LogP contribution in [0.3, 0.4) is 0 Å². The number of nitrogens with two attached hydrogens (primary N) is 1. The molecule has 0 rings (SSSR count). The highest BCUT2D eigenvalue weighted by atomic mass is 32.2. The van der Waals surface area contributed by atoms with E-state index in [1.165, 1.54) is 0 Å². The highest BCUT2D eigenvalue weighted by Gasteiger charge is 2.11. The molecule has 0 saturated carbocycles. The summed E-state index contributed by atoms with van der Waals surface area (Å²) < 4.78 is 22.9. The van der Waals surface area contributed by atoms with Crippen LogP contribution in [0.1, 0.15) is 26.7 Å². The van der Waals surface area contributed by atoms with Gasteiger partial charge in [-0.3, -0.25) is 0 Å². The van der Waals surface area contributed by atoms with Gasteiger partial charge >= 0.3 is 0 Å². The van der Waals surface area contributed by atoms with E-state index in [0.717, 1.165) is 19.5 Å². The van der Waals surface area contributed by atoms with Crippen molar-refractivity contribution in [3.63, 3.8) is 0 Å². The van der Waals surface area contributed by atoms with E-state index >= 15 is 0 Å². The fourth-order valence-corrected chi connectivity index (χ4v) is 2.79. The fourth-order valence-electron chi connectivity index (χ4n) is 1.42. The highest BCUT2D eigenvalue weighted by molar-refractivity contribution is 7.91. The van der Waals surface area contributed by atoms with Gasteiger partial charge in [-0.1, -0.05) is 13.8 Å². The van der Waals surface area contributed by atoms with E-state index in [1.807, 2.05) is 13.8 Å². The van der Waals surface area contributed by atoms with Crippen LogP contribution in [0, 0.1) is 0 Å². The van der Waals surface area contributed by atoms with E-state index in [-0.39, 0.29) is 5.75 Å². The van der Waals surface area contributed by atoms with Gasteiger partial charge in [-0.25, -0.2) is 8.42 Å². The molecule has 0 fully saturated rings. The lowest BCUT2D eigenvalue weighted by molar-refractivity contribution is 0.302. The maximum absolute atomic E-state index is 11.5. The molecule has 0 spiro atoms. The van der Waals surface area contributed by atoms with Crippen LogP contribution >= 0.6 is 0 Å². The molecule has 0 heterocycles. The van der Waals surface area contributed by atoms with Crippen molar-refractivity contribution < 1.29 is 8.42 Å². The van der Waals surface area contributed by atoms with Crippen LogP contribution in [0.15, 0.2) is 0 Å². The van der Waals surface area contributed by atoms with Gasteiger partial charge < -0.3 is 10.6 Å². The largest absolute Gasteiger partial charge is 0.330 e. The average molecular weight is 236 g/mol. The van der Waals surface area contributed by atoms with Crippen LogP contribution < -0.4 is 5.73 Å². The lowest BCUT2D eigenvalue weighted by Crippen LogP contribution is -2.31. The molecule has 0 atom stereocenters. The van der Waals surface area contributed by atoms with Crippen molar-refractivity contribution in [1.29, 1.82) is 0 Å². The summed E-state index contributed by atoms with van der Waals surface area (Å²) in [5.41, 5.74) is 5.42. The molecule has 4 nitrogen and oxygen atoms in total. The molecule has 0 amide bonds. The Hall–Kier alpha value is -0.130. The molecule has 92 valence electrons. The molecule has 0 aliphatic heterocycles. The van der Waals surface area contributed by atoms with E-state index in [1.54, 1.807) is 0 Å². The number of nitrogens with zero attached hydrogens (tertiary/aromatic N) is 1. The van der Waals surface area contributed by atoms with Gasteiger partial charge in [0.05, 0.1) is 5.75 Å². The average Bonchev–Trinajstić information content (AvgIpc) is 2.18. The van der Waals surface area contributed by atoms with Gasteiger partial charge in [-0.15, -0.1) is 0 Å². The third-order valence-corrected chi connectivity index (χ3v) is 4.19. The molecule has 0 aromatic heterocycles. The Balaban J connectivity index is 3.89. The molecule has 0 radical (unpaired) electrons. The summed E-state index contributed by atoms with van der Waals surface area (Å²) in [6, 6.07) is 0. The van der Waals surface area contributed by atoms with Gasteiger partial charge in [0.25, 0.3) is 0 Å². The first-order chi connectivity index (χ1) is 7.05. The maximum atomic E-state index is 11.5. The topological polar surface area (TPSA) is 63.4 Å². The third kappa shape index (κ3) is 7.76. The van der Waals surface area contributed by atoms with Crippen LogP contribution in [-0.2, 0) is 9.84 Å². The van der Waals surface area contributed by atoms with E-state index < -0.39 is 9.84 Å². The Kier molecular flexibility index (Phi) is 8.00. The van der Waals surface area contributed by atoms with Crippen LogP contribution in [0.25, 0.3) is 0 Å². The Morgan fingerprint density at radius 2 is 1.80 bits per heavy atom. The first-order valence-corrected chi connectivity index (χ1v) is 7.50. The molecule has 0 aliphatic rings. The molecule has 0 aromatic rings. The lowest BCUT2D eigenvalue weighted by Gasteiger charge is -2.19. The predicted octanol–water partition coefficient (Wildman–Crippen LogP) is 0.482. The smallest absolute Gasteiger partial charge is 0.151 e. The van der Waals surface area contributed by atoms with Gasteiger partial charge in [-0.2, -0.15) is 0 Å². The number of hydrogen-bond acceptors (Lipinski definition) is 4. The molecular weight excluding hydrogens is 212 g/mol. The van der Waals surface area contributed by atoms with Crippen molar-refractivity contribution in [3.05, 3.63) is 0 Å². The van der Waals surface area contributed by atoms with Gasteiger partial charge in [0, 0.05) is 12.3 Å². The van der Waals surface area contributed by atoms with Crippen LogP contribution in [-0.4, -0.2) is 51.0 Å². The molecule has 5 heteroatoms. The highest BCUT2D eigenvalue weighted by Crippen LogP contribution is 1.97. The normalized spacial score (nSPS) is 12.3. The minimum Gasteiger partial charge on any atom is -0.330 e. The van der Waals surface area contributed by atoms with Crippen molar-refractivity contribution in [3.8, 4) is 0 Å². The molecule has 0 unspecified atom stereocenters. The van der Waals surface area contributed by atoms with Gasteiger partial charge in [-0.05, 0) is 32.5 Å². The van der Waals surface area contributed by atoms with Gasteiger partial charge in [0.15, 0.2) is 9.84 Å². The quantitative estimate of drug-likeness (QED) is 0.632. The Labute approximate surface area is 93.7 Å². The lowest BCUT2D eigenvalue weighted by atomic mass is 10.4. The number of rotatable bonds is 9. The summed E-state index contributed by atoms with van der Waals surface area (Å²) >= 11 is 0. The molecule has 2 N–H and O–H groups in total. The zero-order valence-electron chi connectivity index (χ0n) is 9.91. The first-order valence-electron chi connectivity index (χ1n) is 5.68. The van der Waals surface area contributed by atoms with Crippen LogP contribution in [0.4, 0.5) is 0 Å². The standard InChI is InChI=1S/C10H24N2O2S/c1-3-9-15(13,14)10-8-12(4-2)7-5-6-11/h3-11H2,1-2H3. The Morgan fingerprint density at radius 3 is 2.27 bits per heavy atom. The second kappa shape index (κ2) is 8.07. The van der Waals surface area contributed by atoms with E-state index in [4.69, 9.17) is 5.73 Å². The number of hydrogen-bond donors (Lipinski definition) is 1. The molecular formula is C10H24N2O2S. The molecule has 0 saturated heterocycles. The zero-order chi connectivity index (χ0) is 11.7. The molecule has 0 aliphatic carbocycles. The summed E-state index contributed by atoms with van der Waals surface area (Å²) in [5, 5.41) is 0. The molecule has 15 heavy (non-hydrogen) atoms. The van der Waals surface area contributed by atoms with Crippen molar-refractivity contribution in [2.24, 2.45) is 5.73 Å². The van der Waals surface area contributed by atoms with E-state index in [9.17, 15) is 8.42 Å². The summed E-state index contributed by atoms with van der Waals surface area (Å²) in [5.74, 6) is 0.584.